The third-order valence-electron chi connectivity index (χ3n) is 1.25. The Bertz CT molecular complexity index is 369. The van der Waals surface area contributed by atoms with Gasteiger partial charge in [-0.2, -0.15) is 5.10 Å². The molecule has 0 aromatic carbocycles. The standard InChI is InChI=1S/C6H6N6S/c7-4-1-2-5(11-10-4)13-6-8-3-9-12-6/h1-3H,(H2,7,10)(H,8,9,12). The number of hydrogen-bond acceptors (Lipinski definition) is 6. The van der Waals surface area contributed by atoms with Crippen LogP contribution in [-0.4, -0.2) is 25.4 Å². The predicted octanol–water partition coefficient (Wildman–Crippen LogP) is 0.328. The van der Waals surface area contributed by atoms with Crippen molar-refractivity contribution in [3.63, 3.8) is 0 Å². The van der Waals surface area contributed by atoms with E-state index in [-0.39, 0.29) is 0 Å². The van der Waals surface area contributed by atoms with E-state index in [1.54, 1.807) is 12.1 Å². The molecule has 0 saturated carbocycles. The second-order valence-corrected chi connectivity index (χ2v) is 3.20. The summed E-state index contributed by atoms with van der Waals surface area (Å²) in [7, 11) is 0. The molecule has 0 fully saturated rings. The van der Waals surface area contributed by atoms with Crippen molar-refractivity contribution >= 4 is 17.6 Å². The molecule has 0 bridgehead atoms. The highest BCUT2D eigenvalue weighted by Gasteiger charge is 2.00. The lowest BCUT2D eigenvalue weighted by atomic mass is 10.5. The van der Waals surface area contributed by atoms with Crippen LogP contribution in [0.1, 0.15) is 0 Å². The van der Waals surface area contributed by atoms with Crippen LogP contribution in [0.2, 0.25) is 0 Å². The Kier molecular flexibility index (Phi) is 2.09. The molecule has 0 atom stereocenters. The molecule has 0 aliphatic heterocycles. The number of nitrogens with zero attached hydrogens (tertiary/aromatic N) is 4. The van der Waals surface area contributed by atoms with Crippen molar-refractivity contribution in [1.29, 1.82) is 0 Å². The molecular formula is C6H6N6S. The van der Waals surface area contributed by atoms with Gasteiger partial charge in [0.15, 0.2) is 5.16 Å². The van der Waals surface area contributed by atoms with Crippen molar-refractivity contribution < 1.29 is 0 Å². The average Bonchev–Trinajstić information content (AvgIpc) is 2.62. The molecular weight excluding hydrogens is 188 g/mol. The number of nitrogens with two attached hydrogens (primary N) is 1. The summed E-state index contributed by atoms with van der Waals surface area (Å²) in [4.78, 5) is 3.93. The van der Waals surface area contributed by atoms with E-state index in [4.69, 9.17) is 5.73 Å². The van der Waals surface area contributed by atoms with Crippen LogP contribution < -0.4 is 5.73 Å². The maximum absolute atomic E-state index is 5.38. The van der Waals surface area contributed by atoms with E-state index < -0.39 is 0 Å². The third kappa shape index (κ3) is 1.94. The molecule has 0 unspecified atom stereocenters. The summed E-state index contributed by atoms with van der Waals surface area (Å²) in [5, 5.41) is 15.4. The number of hydrogen-bond donors (Lipinski definition) is 2. The zero-order chi connectivity index (χ0) is 9.10. The molecule has 0 radical (unpaired) electrons. The van der Waals surface area contributed by atoms with Gasteiger partial charge in [0.25, 0.3) is 0 Å². The van der Waals surface area contributed by atoms with Crippen LogP contribution in [0.5, 0.6) is 0 Å². The van der Waals surface area contributed by atoms with Crippen LogP contribution in [0.4, 0.5) is 5.82 Å². The largest absolute Gasteiger partial charge is 0.382 e. The molecule has 6 nitrogen and oxygen atoms in total. The van der Waals surface area contributed by atoms with Crippen LogP contribution in [0.3, 0.4) is 0 Å². The van der Waals surface area contributed by atoms with E-state index in [9.17, 15) is 0 Å². The van der Waals surface area contributed by atoms with Gasteiger partial charge in [0, 0.05) is 0 Å². The number of aromatic amines is 1. The van der Waals surface area contributed by atoms with Crippen molar-refractivity contribution in [2.75, 3.05) is 5.73 Å². The number of nitrogens with one attached hydrogen (secondary N) is 1. The van der Waals surface area contributed by atoms with Gasteiger partial charge in [0.2, 0.25) is 0 Å². The average molecular weight is 194 g/mol. The molecule has 2 heterocycles. The number of nitrogen functional groups attached to an aromatic ring is 1. The van der Waals surface area contributed by atoms with Crippen LogP contribution >= 0.6 is 11.8 Å². The van der Waals surface area contributed by atoms with Gasteiger partial charge < -0.3 is 5.73 Å². The highest BCUT2D eigenvalue weighted by molar-refractivity contribution is 7.99. The number of H-pyrrole nitrogens is 1. The van der Waals surface area contributed by atoms with Crippen LogP contribution in [0.15, 0.2) is 28.6 Å². The van der Waals surface area contributed by atoms with E-state index >= 15 is 0 Å². The summed E-state index contributed by atoms with van der Waals surface area (Å²) < 4.78 is 0. The first-order valence-corrected chi connectivity index (χ1v) is 4.28. The van der Waals surface area contributed by atoms with Crippen molar-refractivity contribution in [3.05, 3.63) is 18.5 Å². The van der Waals surface area contributed by atoms with Gasteiger partial charge >= 0.3 is 0 Å². The van der Waals surface area contributed by atoms with E-state index in [1.807, 2.05) is 0 Å². The van der Waals surface area contributed by atoms with Crippen LogP contribution in [0, 0.1) is 0 Å². The van der Waals surface area contributed by atoms with Gasteiger partial charge in [-0.1, -0.05) is 0 Å². The SMILES string of the molecule is Nc1ccc(Sc2ncn[nH]2)nn1. The minimum absolute atomic E-state index is 0.405. The maximum atomic E-state index is 5.38. The second-order valence-electron chi connectivity index (χ2n) is 2.19. The molecule has 13 heavy (non-hydrogen) atoms. The van der Waals surface area contributed by atoms with E-state index in [2.05, 4.69) is 25.4 Å². The lowest BCUT2D eigenvalue weighted by Crippen LogP contribution is -1.92. The van der Waals surface area contributed by atoms with Gasteiger partial charge in [-0.25, -0.2) is 4.98 Å². The smallest absolute Gasteiger partial charge is 0.189 e. The van der Waals surface area contributed by atoms with Crippen LogP contribution in [0.25, 0.3) is 0 Å². The minimum Gasteiger partial charge on any atom is -0.382 e. The number of aromatic nitrogens is 5. The van der Waals surface area contributed by atoms with Crippen molar-refractivity contribution in [3.8, 4) is 0 Å². The Morgan fingerprint density at radius 2 is 2.23 bits per heavy atom. The Morgan fingerprint density at radius 3 is 2.85 bits per heavy atom. The lowest BCUT2D eigenvalue weighted by Gasteiger charge is -1.94. The minimum atomic E-state index is 0.405. The quantitative estimate of drug-likeness (QED) is 0.715. The molecule has 3 N–H and O–H groups in total. The molecule has 2 aromatic rings. The fourth-order valence-electron chi connectivity index (χ4n) is 0.727. The molecule has 0 aliphatic rings. The first-order valence-electron chi connectivity index (χ1n) is 3.47. The Morgan fingerprint density at radius 1 is 1.31 bits per heavy atom. The van der Waals surface area contributed by atoms with E-state index in [1.165, 1.54) is 18.1 Å². The van der Waals surface area contributed by atoms with Gasteiger partial charge in [0.1, 0.15) is 17.2 Å². The summed E-state index contributed by atoms with van der Waals surface area (Å²) in [6, 6.07) is 3.46. The molecule has 0 aliphatic carbocycles. The summed E-state index contributed by atoms with van der Waals surface area (Å²) in [5.41, 5.74) is 5.38. The molecule has 2 aromatic heterocycles. The third-order valence-corrected chi connectivity index (χ3v) is 2.07. The first kappa shape index (κ1) is 7.99. The Labute approximate surface area is 78.0 Å². The lowest BCUT2D eigenvalue weighted by molar-refractivity contribution is 0.922. The van der Waals surface area contributed by atoms with Gasteiger partial charge in [-0.3, -0.25) is 5.10 Å². The Hall–Kier alpha value is -1.63. The summed E-state index contributed by atoms with van der Waals surface area (Å²) >= 11 is 1.34. The number of rotatable bonds is 2. The van der Waals surface area contributed by atoms with Crippen molar-refractivity contribution in [2.45, 2.75) is 10.2 Å². The van der Waals surface area contributed by atoms with E-state index in [0.29, 0.717) is 11.0 Å². The molecule has 7 heteroatoms. The van der Waals surface area contributed by atoms with Gasteiger partial charge in [-0.15, -0.1) is 10.2 Å². The van der Waals surface area contributed by atoms with Gasteiger partial charge in [0.05, 0.1) is 0 Å². The molecule has 2 rings (SSSR count). The molecule has 0 spiro atoms. The van der Waals surface area contributed by atoms with Gasteiger partial charge in [-0.05, 0) is 23.9 Å². The molecule has 0 saturated heterocycles. The number of anilines is 1. The molecule has 66 valence electrons. The summed E-state index contributed by atoms with van der Waals surface area (Å²) in [6.07, 6.45) is 1.44. The normalized spacial score (nSPS) is 10.2. The van der Waals surface area contributed by atoms with Crippen molar-refractivity contribution in [1.82, 2.24) is 25.4 Å². The fraction of sp³-hybridized carbons (Fsp3) is 0. The van der Waals surface area contributed by atoms with E-state index in [0.717, 1.165) is 5.03 Å². The maximum Gasteiger partial charge on any atom is 0.189 e. The predicted molar refractivity (Wildman–Crippen MR) is 47.0 cm³/mol. The highest BCUT2D eigenvalue weighted by atomic mass is 32.2. The zero-order valence-electron chi connectivity index (χ0n) is 6.51. The van der Waals surface area contributed by atoms with Crippen LogP contribution in [-0.2, 0) is 0 Å². The highest BCUT2D eigenvalue weighted by Crippen LogP contribution is 2.20. The molecule has 0 amide bonds. The second kappa shape index (κ2) is 3.40. The fourth-order valence-corrected chi connectivity index (χ4v) is 1.34. The zero-order valence-corrected chi connectivity index (χ0v) is 7.32. The Balaban J connectivity index is 2.15. The summed E-state index contributed by atoms with van der Waals surface area (Å²) in [5.74, 6) is 0.405. The van der Waals surface area contributed by atoms with Crippen molar-refractivity contribution in [2.24, 2.45) is 0 Å². The monoisotopic (exact) mass is 194 g/mol. The topological polar surface area (TPSA) is 93.4 Å². The summed E-state index contributed by atoms with van der Waals surface area (Å²) in [6.45, 7) is 0. The first-order chi connectivity index (χ1) is 6.34.